The molecule has 0 unspecified atom stereocenters. The Kier molecular flexibility index (Phi) is 4.54. The second kappa shape index (κ2) is 6.53. The van der Waals surface area contributed by atoms with Crippen molar-refractivity contribution in [1.29, 1.82) is 5.26 Å². The number of nitriles is 1. The van der Waals surface area contributed by atoms with Gasteiger partial charge in [0.05, 0.1) is 17.2 Å². The molecule has 7 nitrogen and oxygen atoms in total. The van der Waals surface area contributed by atoms with Crippen LogP contribution in [0, 0.1) is 17.1 Å². The molecule has 0 spiro atoms. The van der Waals surface area contributed by atoms with Crippen LogP contribution in [-0.4, -0.2) is 30.6 Å². The normalized spacial score (nSPS) is 11.7. The summed E-state index contributed by atoms with van der Waals surface area (Å²) in [5, 5.41) is 10.1. The molecule has 0 aromatic carbocycles. The third kappa shape index (κ3) is 2.76. The second-order valence-electron chi connectivity index (χ2n) is 6.17. The number of hydrogen-bond donors (Lipinski definition) is 0. The number of fused-ring (bicyclic) bond motifs is 1. The summed E-state index contributed by atoms with van der Waals surface area (Å²) in [5.74, 6) is -0.670. The van der Waals surface area contributed by atoms with Gasteiger partial charge in [0.25, 0.3) is 5.56 Å². The summed E-state index contributed by atoms with van der Waals surface area (Å²) in [7, 11) is 0. The van der Waals surface area contributed by atoms with Gasteiger partial charge >= 0.3 is 0 Å². The highest BCUT2D eigenvalue weighted by Crippen LogP contribution is 2.24. The molecule has 0 saturated carbocycles. The number of nitrogens with zero attached hydrogens (tertiary/aromatic N) is 6. The van der Waals surface area contributed by atoms with E-state index in [1.54, 1.807) is 20.8 Å². The molecule has 3 rings (SSSR count). The molecule has 0 aliphatic carbocycles. The topological polar surface area (TPSA) is 89.4 Å². The molecule has 134 valence electrons. The zero-order valence-corrected chi connectivity index (χ0v) is 15.6. The van der Waals surface area contributed by atoms with E-state index in [0.717, 1.165) is 0 Å². The van der Waals surface area contributed by atoms with Crippen LogP contribution in [0.15, 0.2) is 28.3 Å². The van der Waals surface area contributed by atoms with Crippen LogP contribution in [0.4, 0.5) is 4.39 Å². The Morgan fingerprint density at radius 1 is 1.35 bits per heavy atom. The van der Waals surface area contributed by atoms with Gasteiger partial charge in [0.15, 0.2) is 22.4 Å². The standard InChI is InChI=1S/C17H17FN6OS/c1-5-23-15(25)10-8-20-16(26-4)22-13(10)24(23)14-11(18)6-7-12(21-14)17(2,3)9-19/h6-8H,5H2,1-4H3. The fourth-order valence-electron chi connectivity index (χ4n) is 2.60. The maximum atomic E-state index is 14.7. The van der Waals surface area contributed by atoms with Crippen molar-refractivity contribution in [2.24, 2.45) is 0 Å². The van der Waals surface area contributed by atoms with Crippen molar-refractivity contribution in [2.45, 2.75) is 37.9 Å². The number of aromatic nitrogens is 5. The average molecular weight is 372 g/mol. The van der Waals surface area contributed by atoms with Crippen LogP contribution in [-0.2, 0) is 12.0 Å². The molecule has 0 N–H and O–H groups in total. The minimum absolute atomic E-state index is 0.0643. The maximum Gasteiger partial charge on any atom is 0.278 e. The van der Waals surface area contributed by atoms with Crippen LogP contribution in [0.25, 0.3) is 16.9 Å². The van der Waals surface area contributed by atoms with Gasteiger partial charge in [0.2, 0.25) is 0 Å². The van der Waals surface area contributed by atoms with Crippen molar-refractivity contribution in [2.75, 3.05) is 6.26 Å². The number of halogens is 1. The van der Waals surface area contributed by atoms with Crippen LogP contribution < -0.4 is 5.56 Å². The molecule has 0 fully saturated rings. The van der Waals surface area contributed by atoms with Crippen LogP contribution in [0.2, 0.25) is 0 Å². The maximum absolute atomic E-state index is 14.7. The van der Waals surface area contributed by atoms with Gasteiger partial charge in [-0.3, -0.25) is 4.79 Å². The predicted octanol–water partition coefficient (Wildman–Crippen LogP) is 2.66. The largest absolute Gasteiger partial charge is 0.278 e. The van der Waals surface area contributed by atoms with Gasteiger partial charge in [0.1, 0.15) is 5.39 Å². The summed E-state index contributed by atoms with van der Waals surface area (Å²) in [5.41, 5.74) is -0.523. The molecule has 0 radical (unpaired) electrons. The van der Waals surface area contributed by atoms with E-state index < -0.39 is 11.2 Å². The fourth-order valence-corrected chi connectivity index (χ4v) is 2.93. The van der Waals surface area contributed by atoms with E-state index in [-0.39, 0.29) is 22.4 Å². The summed E-state index contributed by atoms with van der Waals surface area (Å²) < 4.78 is 17.4. The zero-order valence-electron chi connectivity index (χ0n) is 14.8. The fraction of sp³-hybridized carbons (Fsp3) is 0.353. The SMILES string of the molecule is CCn1c(=O)c2cnc(SC)nc2n1-c1nc(C(C)(C)C#N)ccc1F. The van der Waals surface area contributed by atoms with Crippen LogP contribution in [0.3, 0.4) is 0 Å². The smallest absolute Gasteiger partial charge is 0.267 e. The van der Waals surface area contributed by atoms with Crippen LogP contribution in [0.5, 0.6) is 0 Å². The minimum Gasteiger partial charge on any atom is -0.267 e. The molecule has 3 heterocycles. The number of hydrogen-bond acceptors (Lipinski definition) is 6. The molecule has 9 heteroatoms. The molecular formula is C17H17FN6OS. The monoisotopic (exact) mass is 372 g/mol. The molecule has 0 aliphatic rings. The summed E-state index contributed by atoms with van der Waals surface area (Å²) in [6, 6.07) is 4.88. The van der Waals surface area contributed by atoms with Gasteiger partial charge < -0.3 is 0 Å². The molecule has 0 bridgehead atoms. The Labute approximate surface area is 153 Å². The minimum atomic E-state index is -0.901. The third-order valence-corrected chi connectivity index (χ3v) is 4.65. The van der Waals surface area contributed by atoms with Crippen molar-refractivity contribution in [3.8, 4) is 11.9 Å². The van der Waals surface area contributed by atoms with E-state index in [1.807, 2.05) is 6.26 Å². The first-order valence-electron chi connectivity index (χ1n) is 7.95. The molecule has 0 saturated heterocycles. The van der Waals surface area contributed by atoms with Gasteiger partial charge in [-0.2, -0.15) is 5.26 Å². The van der Waals surface area contributed by atoms with E-state index in [4.69, 9.17) is 0 Å². The number of pyridine rings is 1. The predicted molar refractivity (Wildman–Crippen MR) is 97.0 cm³/mol. The lowest BCUT2D eigenvalue weighted by atomic mass is 9.91. The molecule has 0 atom stereocenters. The Morgan fingerprint density at radius 3 is 2.69 bits per heavy atom. The van der Waals surface area contributed by atoms with Crippen LogP contribution in [0.1, 0.15) is 26.5 Å². The van der Waals surface area contributed by atoms with Gasteiger partial charge in [-0.25, -0.2) is 28.7 Å². The number of thioether (sulfide) groups is 1. The average Bonchev–Trinajstić information content (AvgIpc) is 2.93. The summed E-state index contributed by atoms with van der Waals surface area (Å²) >= 11 is 1.32. The summed E-state index contributed by atoms with van der Waals surface area (Å²) in [6.07, 6.45) is 3.26. The Bertz CT molecular complexity index is 1100. The second-order valence-corrected chi connectivity index (χ2v) is 6.94. The summed E-state index contributed by atoms with van der Waals surface area (Å²) in [4.78, 5) is 25.5. The Morgan fingerprint density at radius 2 is 2.08 bits per heavy atom. The third-order valence-electron chi connectivity index (χ3n) is 4.08. The molecule has 3 aromatic heterocycles. The van der Waals surface area contributed by atoms with E-state index in [1.165, 1.54) is 39.5 Å². The van der Waals surface area contributed by atoms with E-state index in [2.05, 4.69) is 21.0 Å². The van der Waals surface area contributed by atoms with Crippen molar-refractivity contribution < 1.29 is 4.39 Å². The first kappa shape index (κ1) is 18.1. The highest BCUT2D eigenvalue weighted by atomic mass is 32.2. The van der Waals surface area contributed by atoms with Crippen molar-refractivity contribution in [1.82, 2.24) is 24.3 Å². The first-order valence-corrected chi connectivity index (χ1v) is 9.17. The Balaban J connectivity index is 2.40. The van der Waals surface area contributed by atoms with E-state index in [0.29, 0.717) is 17.4 Å². The van der Waals surface area contributed by atoms with Gasteiger partial charge in [-0.1, -0.05) is 11.8 Å². The molecule has 0 amide bonds. The van der Waals surface area contributed by atoms with Gasteiger partial charge in [-0.15, -0.1) is 0 Å². The van der Waals surface area contributed by atoms with Gasteiger partial charge in [0, 0.05) is 12.7 Å². The lowest BCUT2D eigenvalue weighted by Crippen LogP contribution is -2.24. The first-order chi connectivity index (χ1) is 12.3. The molecule has 3 aromatic rings. The van der Waals surface area contributed by atoms with E-state index >= 15 is 0 Å². The molecular weight excluding hydrogens is 355 g/mol. The van der Waals surface area contributed by atoms with E-state index in [9.17, 15) is 14.4 Å². The highest BCUT2D eigenvalue weighted by molar-refractivity contribution is 7.98. The van der Waals surface area contributed by atoms with Gasteiger partial charge in [-0.05, 0) is 39.2 Å². The van der Waals surface area contributed by atoms with Crippen molar-refractivity contribution >= 4 is 22.8 Å². The lowest BCUT2D eigenvalue weighted by Gasteiger charge is -2.17. The zero-order chi connectivity index (χ0) is 19.1. The highest BCUT2D eigenvalue weighted by Gasteiger charge is 2.25. The Hall–Kier alpha value is -2.73. The lowest BCUT2D eigenvalue weighted by molar-refractivity contribution is 0.526. The van der Waals surface area contributed by atoms with Crippen LogP contribution >= 0.6 is 11.8 Å². The number of rotatable bonds is 4. The molecule has 0 aliphatic heterocycles. The van der Waals surface area contributed by atoms with Crippen molar-refractivity contribution in [3.05, 3.63) is 40.2 Å². The van der Waals surface area contributed by atoms with Crippen molar-refractivity contribution in [3.63, 3.8) is 0 Å². The summed E-state index contributed by atoms with van der Waals surface area (Å²) in [6.45, 7) is 5.48. The molecule has 26 heavy (non-hydrogen) atoms. The quantitative estimate of drug-likeness (QED) is 0.517.